The van der Waals surface area contributed by atoms with E-state index in [2.05, 4.69) is 54.6 Å². The van der Waals surface area contributed by atoms with Crippen LogP contribution in [-0.4, -0.2) is 17.2 Å². The average Bonchev–Trinajstić information content (AvgIpc) is 2.98. The van der Waals surface area contributed by atoms with Crippen molar-refractivity contribution < 1.29 is 10.0 Å². The minimum atomic E-state index is -1.49. The monoisotopic (exact) mass is 322 g/mol. The molecule has 3 heteroatoms. The van der Waals surface area contributed by atoms with Crippen LogP contribution in [0, 0.1) is 0 Å². The molecule has 0 amide bonds. The Balaban J connectivity index is 1.85. The van der Waals surface area contributed by atoms with Crippen LogP contribution in [0.5, 0.6) is 0 Å². The molecule has 25 heavy (non-hydrogen) atoms. The first kappa shape index (κ1) is 14.5. The molecule has 0 radical (unpaired) electrons. The second-order valence-electron chi connectivity index (χ2n) is 6.43. The molecule has 1 aliphatic carbocycles. The molecule has 0 fully saturated rings. The van der Waals surface area contributed by atoms with Gasteiger partial charge in [0.2, 0.25) is 0 Å². The third kappa shape index (κ3) is 2.07. The van der Waals surface area contributed by atoms with E-state index >= 15 is 0 Å². The number of fused-ring (bicyclic) bond motifs is 3. The van der Waals surface area contributed by atoms with E-state index in [4.69, 9.17) is 0 Å². The maximum absolute atomic E-state index is 9.73. The Morgan fingerprint density at radius 2 is 1.20 bits per heavy atom. The van der Waals surface area contributed by atoms with Gasteiger partial charge in [-0.3, -0.25) is 0 Å². The van der Waals surface area contributed by atoms with E-state index in [1.165, 1.54) is 33.0 Å². The van der Waals surface area contributed by atoms with Crippen molar-refractivity contribution in [3.63, 3.8) is 0 Å². The van der Waals surface area contributed by atoms with Crippen LogP contribution in [-0.2, 0) is 0 Å². The molecule has 0 unspecified atom stereocenters. The zero-order valence-electron chi connectivity index (χ0n) is 13.5. The third-order valence-corrected chi connectivity index (χ3v) is 5.03. The van der Waals surface area contributed by atoms with Crippen LogP contribution in [0.3, 0.4) is 0 Å². The van der Waals surface area contributed by atoms with Gasteiger partial charge in [0.15, 0.2) is 0 Å². The van der Waals surface area contributed by atoms with Crippen molar-refractivity contribution in [3.8, 4) is 33.4 Å². The summed E-state index contributed by atoms with van der Waals surface area (Å²) in [4.78, 5) is 0. The lowest BCUT2D eigenvalue weighted by atomic mass is 9.75. The molecule has 4 aromatic rings. The Labute approximate surface area is 146 Å². The fourth-order valence-corrected chi connectivity index (χ4v) is 3.96. The number of benzene rings is 4. The largest absolute Gasteiger partial charge is 0.489 e. The molecule has 2 nitrogen and oxygen atoms in total. The van der Waals surface area contributed by atoms with Gasteiger partial charge < -0.3 is 10.0 Å². The maximum atomic E-state index is 9.73. The van der Waals surface area contributed by atoms with Crippen molar-refractivity contribution in [1.82, 2.24) is 0 Å². The molecule has 1 aliphatic rings. The maximum Gasteiger partial charge on any atom is 0.489 e. The summed E-state index contributed by atoms with van der Waals surface area (Å²) in [5, 5.41) is 21.9. The summed E-state index contributed by atoms with van der Waals surface area (Å²) in [5.74, 6) is 0. The van der Waals surface area contributed by atoms with Crippen LogP contribution < -0.4 is 5.46 Å². The van der Waals surface area contributed by atoms with Gasteiger partial charge in [-0.15, -0.1) is 0 Å². The van der Waals surface area contributed by atoms with Crippen LogP contribution in [0.25, 0.3) is 44.2 Å². The summed E-state index contributed by atoms with van der Waals surface area (Å²) in [6, 6.07) is 26.6. The molecule has 0 saturated heterocycles. The fourth-order valence-electron chi connectivity index (χ4n) is 3.96. The predicted molar refractivity (Wildman–Crippen MR) is 104 cm³/mol. The topological polar surface area (TPSA) is 40.5 Å². The van der Waals surface area contributed by atoms with Crippen molar-refractivity contribution in [3.05, 3.63) is 78.9 Å². The number of hydrogen-bond donors (Lipinski definition) is 2. The zero-order chi connectivity index (χ0) is 17.0. The second kappa shape index (κ2) is 5.31. The molecular formula is C22H15BO2. The van der Waals surface area contributed by atoms with Gasteiger partial charge in [-0.1, -0.05) is 66.7 Å². The highest BCUT2D eigenvalue weighted by Gasteiger charge is 2.23. The second-order valence-corrected chi connectivity index (χ2v) is 6.43. The fraction of sp³-hybridized carbons (Fsp3) is 0. The zero-order valence-corrected chi connectivity index (χ0v) is 13.5. The minimum absolute atomic E-state index is 0.525. The normalized spacial score (nSPS) is 11.6. The lowest BCUT2D eigenvalue weighted by Gasteiger charge is -2.12. The summed E-state index contributed by atoms with van der Waals surface area (Å²) in [5.41, 5.74) is 7.35. The first-order valence-electron chi connectivity index (χ1n) is 8.36. The van der Waals surface area contributed by atoms with Crippen LogP contribution >= 0.6 is 0 Å². The predicted octanol–water partition coefficient (Wildman–Crippen LogP) is 3.83. The lowest BCUT2D eigenvalue weighted by molar-refractivity contribution is 0.426. The van der Waals surface area contributed by atoms with Crippen molar-refractivity contribution in [2.75, 3.05) is 0 Å². The molecule has 0 aliphatic heterocycles. The van der Waals surface area contributed by atoms with Gasteiger partial charge in [-0.05, 0) is 61.7 Å². The highest BCUT2D eigenvalue weighted by molar-refractivity contribution is 6.60. The SMILES string of the molecule is OB(O)c1ccccc1-c1cc2c3c(cccc3c1)-c1ccccc1-2. The first-order chi connectivity index (χ1) is 12.2. The Hall–Kier alpha value is -2.88. The van der Waals surface area contributed by atoms with E-state index in [1.807, 2.05) is 18.2 Å². The van der Waals surface area contributed by atoms with Crippen molar-refractivity contribution in [2.45, 2.75) is 0 Å². The summed E-state index contributed by atoms with van der Waals surface area (Å²) >= 11 is 0. The van der Waals surface area contributed by atoms with Gasteiger partial charge in [0.1, 0.15) is 0 Å². The van der Waals surface area contributed by atoms with Gasteiger partial charge in [0.05, 0.1) is 0 Å². The van der Waals surface area contributed by atoms with Gasteiger partial charge in [-0.2, -0.15) is 0 Å². The third-order valence-electron chi connectivity index (χ3n) is 5.03. The Bertz CT molecular complexity index is 1130. The number of hydrogen-bond acceptors (Lipinski definition) is 2. The van der Waals surface area contributed by atoms with E-state index in [1.54, 1.807) is 6.07 Å². The number of rotatable bonds is 2. The molecule has 0 bridgehead atoms. The van der Waals surface area contributed by atoms with Gasteiger partial charge in [0.25, 0.3) is 0 Å². The molecule has 118 valence electrons. The molecular weight excluding hydrogens is 307 g/mol. The van der Waals surface area contributed by atoms with Crippen molar-refractivity contribution in [1.29, 1.82) is 0 Å². The van der Waals surface area contributed by atoms with Crippen molar-refractivity contribution >= 4 is 23.4 Å². The lowest BCUT2D eigenvalue weighted by Crippen LogP contribution is -2.31. The van der Waals surface area contributed by atoms with Gasteiger partial charge in [0, 0.05) is 0 Å². The summed E-state index contributed by atoms with van der Waals surface area (Å²) in [6.45, 7) is 0. The summed E-state index contributed by atoms with van der Waals surface area (Å²) in [6.07, 6.45) is 0. The molecule has 0 atom stereocenters. The minimum Gasteiger partial charge on any atom is -0.423 e. The van der Waals surface area contributed by atoms with E-state index < -0.39 is 7.12 Å². The van der Waals surface area contributed by atoms with Crippen LogP contribution in [0.2, 0.25) is 0 Å². The van der Waals surface area contributed by atoms with E-state index in [0.29, 0.717) is 5.46 Å². The molecule has 0 saturated carbocycles. The molecule has 5 rings (SSSR count). The standard InChI is InChI=1S/C22H15BO2/c24-23(25)21-11-4-3-7-16(21)15-12-14-6-5-10-19-17-8-1-2-9-18(17)20(13-15)22(14)19/h1-13,24-25H. The Morgan fingerprint density at radius 3 is 1.96 bits per heavy atom. The molecule has 2 N–H and O–H groups in total. The molecule has 0 spiro atoms. The Morgan fingerprint density at radius 1 is 0.560 bits per heavy atom. The summed E-state index contributed by atoms with van der Waals surface area (Å²) in [7, 11) is -1.49. The first-order valence-corrected chi connectivity index (χ1v) is 8.36. The van der Waals surface area contributed by atoms with E-state index in [9.17, 15) is 10.0 Å². The quantitative estimate of drug-likeness (QED) is 0.485. The van der Waals surface area contributed by atoms with Gasteiger partial charge in [-0.25, -0.2) is 0 Å². The van der Waals surface area contributed by atoms with E-state index in [-0.39, 0.29) is 0 Å². The Kier molecular flexibility index (Phi) is 3.08. The molecule has 0 aromatic heterocycles. The molecule has 4 aromatic carbocycles. The average molecular weight is 322 g/mol. The van der Waals surface area contributed by atoms with Crippen molar-refractivity contribution in [2.24, 2.45) is 0 Å². The highest BCUT2D eigenvalue weighted by atomic mass is 16.4. The highest BCUT2D eigenvalue weighted by Crippen LogP contribution is 2.48. The summed E-state index contributed by atoms with van der Waals surface area (Å²) < 4.78 is 0. The van der Waals surface area contributed by atoms with E-state index in [0.717, 1.165) is 11.1 Å². The molecule has 0 heterocycles. The van der Waals surface area contributed by atoms with Crippen LogP contribution in [0.1, 0.15) is 0 Å². The van der Waals surface area contributed by atoms with Gasteiger partial charge >= 0.3 is 7.12 Å². The van der Waals surface area contributed by atoms with Crippen LogP contribution in [0.4, 0.5) is 0 Å². The van der Waals surface area contributed by atoms with Crippen LogP contribution in [0.15, 0.2) is 78.9 Å². The smallest absolute Gasteiger partial charge is 0.423 e.